The van der Waals surface area contributed by atoms with E-state index >= 15 is 0 Å². The van der Waals surface area contributed by atoms with E-state index < -0.39 is 6.04 Å². The summed E-state index contributed by atoms with van der Waals surface area (Å²) < 4.78 is 5.29. The lowest BCUT2D eigenvalue weighted by atomic mass is 10.1. The lowest BCUT2D eigenvalue weighted by Crippen LogP contribution is -2.47. The van der Waals surface area contributed by atoms with Crippen molar-refractivity contribution in [2.24, 2.45) is 0 Å². The Morgan fingerprint density at radius 2 is 2.00 bits per heavy atom. The maximum Gasteiger partial charge on any atom is 0.254 e. The minimum absolute atomic E-state index is 0.156. The molecule has 1 aromatic heterocycles. The number of benzene rings is 2. The molecule has 3 N–H and O–H groups in total. The molecule has 0 bridgehead atoms. The van der Waals surface area contributed by atoms with Gasteiger partial charge in [-0.3, -0.25) is 14.4 Å². The summed E-state index contributed by atoms with van der Waals surface area (Å²) in [7, 11) is 1.62. The number of aromatic amines is 1. The molecule has 1 aliphatic rings. The Morgan fingerprint density at radius 3 is 2.81 bits per heavy atom. The third kappa shape index (κ3) is 4.09. The highest BCUT2D eigenvalue weighted by Crippen LogP contribution is 2.25. The minimum atomic E-state index is -0.714. The number of hydrogen-bond acceptors (Lipinski definition) is 4. The fraction of sp³-hybridized carbons (Fsp3) is 0.261. The molecule has 2 aromatic carbocycles. The van der Waals surface area contributed by atoms with Gasteiger partial charge in [-0.25, -0.2) is 0 Å². The van der Waals surface area contributed by atoms with Gasteiger partial charge in [0.05, 0.1) is 18.4 Å². The van der Waals surface area contributed by atoms with Crippen molar-refractivity contribution in [3.8, 4) is 5.75 Å². The van der Waals surface area contributed by atoms with Gasteiger partial charge in [-0.05, 0) is 49.2 Å². The number of hydrogen-bond donors (Lipinski definition) is 3. The third-order valence-corrected chi connectivity index (χ3v) is 5.42. The van der Waals surface area contributed by atoms with Gasteiger partial charge in [0.15, 0.2) is 0 Å². The molecule has 0 saturated carbocycles. The Bertz CT molecular complexity index is 1150. The van der Waals surface area contributed by atoms with Gasteiger partial charge in [-0.2, -0.15) is 0 Å². The number of fused-ring (bicyclic) bond motifs is 2. The molecule has 160 valence electrons. The number of carbonyl (C=O) groups is 3. The van der Waals surface area contributed by atoms with E-state index in [0.29, 0.717) is 24.2 Å². The number of nitrogens with zero attached hydrogens (tertiary/aromatic N) is 1. The molecule has 0 unspecified atom stereocenters. The van der Waals surface area contributed by atoms with Gasteiger partial charge in [0.25, 0.3) is 5.91 Å². The number of rotatable bonds is 6. The number of methoxy groups -OCH3 is 1. The first-order valence-electron chi connectivity index (χ1n) is 10.1. The van der Waals surface area contributed by atoms with E-state index in [1.807, 2.05) is 24.4 Å². The van der Waals surface area contributed by atoms with Crippen LogP contribution >= 0.6 is 0 Å². The SMILES string of the molecule is COc1ccc2[nH]cc(CCNC(=O)CN3C(=O)[C@@H](C)NC(=O)c4ccccc43)c2c1. The molecule has 0 aliphatic carbocycles. The quantitative estimate of drug-likeness (QED) is 0.567. The largest absolute Gasteiger partial charge is 0.497 e. The molecule has 31 heavy (non-hydrogen) atoms. The van der Waals surface area contributed by atoms with Crippen molar-refractivity contribution < 1.29 is 19.1 Å². The highest BCUT2D eigenvalue weighted by Gasteiger charge is 2.32. The van der Waals surface area contributed by atoms with Gasteiger partial charge in [0.2, 0.25) is 11.8 Å². The normalized spacial score (nSPS) is 15.9. The summed E-state index contributed by atoms with van der Waals surface area (Å²) in [6.45, 7) is 1.87. The van der Waals surface area contributed by atoms with Crippen LogP contribution in [-0.4, -0.2) is 48.9 Å². The van der Waals surface area contributed by atoms with E-state index in [2.05, 4.69) is 15.6 Å². The van der Waals surface area contributed by atoms with Crippen LogP contribution in [0.5, 0.6) is 5.75 Å². The smallest absolute Gasteiger partial charge is 0.254 e. The van der Waals surface area contributed by atoms with Gasteiger partial charge in [-0.1, -0.05) is 12.1 Å². The molecule has 0 saturated heterocycles. The van der Waals surface area contributed by atoms with Crippen molar-refractivity contribution in [2.75, 3.05) is 25.1 Å². The monoisotopic (exact) mass is 420 g/mol. The van der Waals surface area contributed by atoms with Crippen molar-refractivity contribution >= 4 is 34.3 Å². The fourth-order valence-corrected chi connectivity index (χ4v) is 3.78. The number of anilines is 1. The molecule has 3 amide bonds. The minimum Gasteiger partial charge on any atom is -0.497 e. The van der Waals surface area contributed by atoms with E-state index in [9.17, 15) is 14.4 Å². The Morgan fingerprint density at radius 1 is 1.19 bits per heavy atom. The molecule has 0 fully saturated rings. The van der Waals surface area contributed by atoms with Crippen molar-refractivity contribution in [2.45, 2.75) is 19.4 Å². The first kappa shape index (κ1) is 20.5. The van der Waals surface area contributed by atoms with Crippen LogP contribution in [0.25, 0.3) is 10.9 Å². The number of nitrogens with one attached hydrogen (secondary N) is 3. The van der Waals surface area contributed by atoms with Crippen molar-refractivity contribution in [1.29, 1.82) is 0 Å². The lowest BCUT2D eigenvalue weighted by Gasteiger charge is -2.23. The Hall–Kier alpha value is -3.81. The van der Waals surface area contributed by atoms with Crippen LogP contribution in [0.3, 0.4) is 0 Å². The highest BCUT2D eigenvalue weighted by atomic mass is 16.5. The first-order valence-corrected chi connectivity index (χ1v) is 10.1. The van der Waals surface area contributed by atoms with Crippen LogP contribution in [0.4, 0.5) is 5.69 Å². The molecule has 3 aromatic rings. The van der Waals surface area contributed by atoms with Gasteiger partial charge in [0.1, 0.15) is 18.3 Å². The fourth-order valence-electron chi connectivity index (χ4n) is 3.78. The van der Waals surface area contributed by atoms with Crippen molar-refractivity contribution in [1.82, 2.24) is 15.6 Å². The Balaban J connectivity index is 1.43. The van der Waals surface area contributed by atoms with Crippen LogP contribution in [0, 0.1) is 0 Å². The number of aromatic nitrogens is 1. The van der Waals surface area contributed by atoms with Crippen molar-refractivity contribution in [3.05, 3.63) is 59.8 Å². The summed E-state index contributed by atoms with van der Waals surface area (Å²) >= 11 is 0. The molecular weight excluding hydrogens is 396 g/mol. The average Bonchev–Trinajstić information content (AvgIpc) is 3.15. The highest BCUT2D eigenvalue weighted by molar-refractivity contribution is 6.12. The molecule has 8 heteroatoms. The predicted molar refractivity (Wildman–Crippen MR) is 117 cm³/mol. The maximum absolute atomic E-state index is 12.8. The second kappa shape index (κ2) is 8.51. The number of ether oxygens (including phenoxy) is 1. The van der Waals surface area contributed by atoms with Crippen LogP contribution < -0.4 is 20.3 Å². The summed E-state index contributed by atoms with van der Waals surface area (Å²) in [5, 5.41) is 6.58. The molecule has 1 atom stereocenters. The lowest BCUT2D eigenvalue weighted by molar-refractivity contribution is -0.124. The van der Waals surface area contributed by atoms with Gasteiger partial charge >= 0.3 is 0 Å². The Kier molecular flexibility index (Phi) is 5.62. The first-order chi connectivity index (χ1) is 15.0. The summed E-state index contributed by atoms with van der Waals surface area (Å²) in [5.74, 6) is -0.165. The van der Waals surface area contributed by atoms with Crippen LogP contribution in [0.15, 0.2) is 48.7 Å². The van der Waals surface area contributed by atoms with Crippen LogP contribution in [0.2, 0.25) is 0 Å². The maximum atomic E-state index is 12.8. The van der Waals surface area contributed by atoms with Gasteiger partial charge in [0, 0.05) is 23.6 Å². The number of amides is 3. The predicted octanol–water partition coefficient (Wildman–Crippen LogP) is 2.00. The second-order valence-electron chi connectivity index (χ2n) is 7.46. The standard InChI is InChI=1S/C23H24N4O4/c1-14-23(30)27(20-6-4-3-5-17(20)22(29)26-14)13-21(28)24-10-9-15-12-25-19-8-7-16(31-2)11-18(15)19/h3-8,11-12,14,25H,9-10,13H2,1-2H3,(H,24,28)(H,26,29)/t14-/m1/s1. The van der Waals surface area contributed by atoms with E-state index in [1.165, 1.54) is 4.90 Å². The number of H-pyrrole nitrogens is 1. The zero-order valence-electron chi connectivity index (χ0n) is 17.4. The molecule has 0 radical (unpaired) electrons. The summed E-state index contributed by atoms with van der Waals surface area (Å²) in [4.78, 5) is 42.3. The molecule has 1 aliphatic heterocycles. The summed E-state index contributed by atoms with van der Waals surface area (Å²) in [6, 6.07) is 11.9. The van der Waals surface area contributed by atoms with Crippen LogP contribution in [-0.2, 0) is 16.0 Å². The van der Waals surface area contributed by atoms with Crippen molar-refractivity contribution in [3.63, 3.8) is 0 Å². The number of carbonyl (C=O) groups excluding carboxylic acids is 3. The van der Waals surface area contributed by atoms with E-state index in [1.54, 1.807) is 38.3 Å². The molecule has 8 nitrogen and oxygen atoms in total. The van der Waals surface area contributed by atoms with E-state index in [0.717, 1.165) is 22.2 Å². The average molecular weight is 420 g/mol. The molecule has 4 rings (SSSR count). The van der Waals surface area contributed by atoms with Gasteiger partial charge < -0.3 is 25.3 Å². The number of para-hydroxylation sites is 1. The Labute approximate surface area is 179 Å². The summed E-state index contributed by atoms with van der Waals surface area (Å²) in [5.41, 5.74) is 2.88. The topological polar surface area (TPSA) is 104 Å². The third-order valence-electron chi connectivity index (χ3n) is 5.42. The molecule has 2 heterocycles. The van der Waals surface area contributed by atoms with E-state index in [-0.39, 0.29) is 24.3 Å². The molecular formula is C23H24N4O4. The zero-order valence-corrected chi connectivity index (χ0v) is 17.4. The van der Waals surface area contributed by atoms with Crippen LogP contribution in [0.1, 0.15) is 22.8 Å². The summed E-state index contributed by atoms with van der Waals surface area (Å²) in [6.07, 6.45) is 2.55. The van der Waals surface area contributed by atoms with Gasteiger partial charge in [-0.15, -0.1) is 0 Å². The molecule has 0 spiro atoms. The van der Waals surface area contributed by atoms with E-state index in [4.69, 9.17) is 4.74 Å². The zero-order chi connectivity index (χ0) is 22.0. The second-order valence-corrected chi connectivity index (χ2v) is 7.46.